The third kappa shape index (κ3) is 5.33. The highest BCUT2D eigenvalue weighted by atomic mass is 16.3. The van der Waals surface area contributed by atoms with Crippen LogP contribution in [0.2, 0.25) is 0 Å². The molecule has 1 aromatic rings. The van der Waals surface area contributed by atoms with E-state index < -0.39 is 5.60 Å². The molecule has 3 nitrogen and oxygen atoms in total. The Morgan fingerprint density at radius 2 is 2.12 bits per heavy atom. The van der Waals surface area contributed by atoms with Crippen molar-refractivity contribution in [1.29, 1.82) is 0 Å². The van der Waals surface area contributed by atoms with Gasteiger partial charge in [0.2, 0.25) is 0 Å². The molecular formula is C13H24N2O. The van der Waals surface area contributed by atoms with Crippen molar-refractivity contribution in [1.82, 2.24) is 9.88 Å². The number of nitrogens with one attached hydrogen (secondary N) is 1. The van der Waals surface area contributed by atoms with E-state index >= 15 is 0 Å². The SMILES string of the molecule is CC(C)NCc1ccn(CCC(C)(C)O)c1. The largest absolute Gasteiger partial charge is 0.390 e. The lowest BCUT2D eigenvalue weighted by Gasteiger charge is -2.16. The van der Waals surface area contributed by atoms with E-state index in [1.165, 1.54) is 5.56 Å². The fourth-order valence-corrected chi connectivity index (χ4v) is 1.46. The van der Waals surface area contributed by atoms with Crippen LogP contribution >= 0.6 is 0 Å². The highest BCUT2D eigenvalue weighted by molar-refractivity contribution is 5.10. The van der Waals surface area contributed by atoms with Crippen LogP contribution in [-0.4, -0.2) is 21.3 Å². The van der Waals surface area contributed by atoms with Gasteiger partial charge in [-0.3, -0.25) is 0 Å². The molecule has 2 N–H and O–H groups in total. The lowest BCUT2D eigenvalue weighted by atomic mass is 10.1. The number of aliphatic hydroxyl groups is 1. The van der Waals surface area contributed by atoms with Crippen LogP contribution in [0.25, 0.3) is 0 Å². The highest BCUT2D eigenvalue weighted by Gasteiger charge is 2.11. The maximum Gasteiger partial charge on any atom is 0.0608 e. The minimum absolute atomic E-state index is 0.514. The molecule has 0 saturated carbocycles. The summed E-state index contributed by atoms with van der Waals surface area (Å²) in [5.41, 5.74) is 0.713. The summed E-state index contributed by atoms with van der Waals surface area (Å²) in [6.07, 6.45) is 4.99. The second-order valence-electron chi connectivity index (χ2n) is 5.36. The fraction of sp³-hybridized carbons (Fsp3) is 0.692. The standard InChI is InChI=1S/C13H24N2O/c1-11(2)14-9-12-5-7-15(10-12)8-6-13(3,4)16/h5,7,10-11,14,16H,6,8-9H2,1-4H3. The third-order valence-corrected chi connectivity index (χ3v) is 2.51. The van der Waals surface area contributed by atoms with E-state index in [1.807, 2.05) is 13.8 Å². The van der Waals surface area contributed by atoms with Crippen molar-refractivity contribution >= 4 is 0 Å². The molecule has 0 bridgehead atoms. The van der Waals surface area contributed by atoms with Crippen LogP contribution in [0, 0.1) is 0 Å². The Kier molecular flexibility index (Phi) is 4.56. The smallest absolute Gasteiger partial charge is 0.0608 e. The van der Waals surface area contributed by atoms with Crippen molar-refractivity contribution < 1.29 is 5.11 Å². The van der Waals surface area contributed by atoms with Gasteiger partial charge in [0.15, 0.2) is 0 Å². The van der Waals surface area contributed by atoms with E-state index in [0.717, 1.165) is 19.5 Å². The van der Waals surface area contributed by atoms with Gasteiger partial charge in [-0.1, -0.05) is 13.8 Å². The minimum atomic E-state index is -0.583. The van der Waals surface area contributed by atoms with Gasteiger partial charge in [0, 0.05) is 31.5 Å². The molecule has 0 unspecified atom stereocenters. The van der Waals surface area contributed by atoms with Crippen molar-refractivity contribution in [2.45, 2.75) is 58.8 Å². The van der Waals surface area contributed by atoms with Crippen LogP contribution in [0.1, 0.15) is 39.7 Å². The van der Waals surface area contributed by atoms with Crippen LogP contribution in [-0.2, 0) is 13.1 Å². The normalized spacial score (nSPS) is 12.4. The molecule has 92 valence electrons. The molecule has 1 aromatic heterocycles. The van der Waals surface area contributed by atoms with Gasteiger partial charge in [-0.25, -0.2) is 0 Å². The molecule has 0 radical (unpaired) electrons. The zero-order valence-electron chi connectivity index (χ0n) is 10.8. The number of nitrogens with zero attached hydrogens (tertiary/aromatic N) is 1. The van der Waals surface area contributed by atoms with E-state index in [-0.39, 0.29) is 0 Å². The zero-order chi connectivity index (χ0) is 12.2. The molecule has 1 heterocycles. The van der Waals surface area contributed by atoms with Crippen molar-refractivity contribution in [3.05, 3.63) is 24.0 Å². The number of hydrogen-bond donors (Lipinski definition) is 2. The number of aryl methyl sites for hydroxylation is 1. The first-order valence-electron chi connectivity index (χ1n) is 5.97. The summed E-state index contributed by atoms with van der Waals surface area (Å²) in [6.45, 7) is 9.75. The van der Waals surface area contributed by atoms with Crippen molar-refractivity contribution in [2.75, 3.05) is 0 Å². The van der Waals surface area contributed by atoms with E-state index in [2.05, 4.69) is 42.2 Å². The number of rotatable bonds is 6. The molecule has 0 aliphatic rings. The van der Waals surface area contributed by atoms with Gasteiger partial charge in [-0.15, -0.1) is 0 Å². The van der Waals surface area contributed by atoms with Gasteiger partial charge in [-0.05, 0) is 31.9 Å². The molecule has 0 aromatic carbocycles. The predicted molar refractivity (Wildman–Crippen MR) is 67.3 cm³/mol. The highest BCUT2D eigenvalue weighted by Crippen LogP contribution is 2.10. The first-order valence-corrected chi connectivity index (χ1v) is 5.97. The van der Waals surface area contributed by atoms with Gasteiger partial charge in [0.05, 0.1) is 5.60 Å². The monoisotopic (exact) mass is 224 g/mol. The quantitative estimate of drug-likeness (QED) is 0.777. The molecule has 0 aliphatic carbocycles. The average molecular weight is 224 g/mol. The van der Waals surface area contributed by atoms with E-state index in [4.69, 9.17) is 0 Å². The molecule has 1 rings (SSSR count). The molecular weight excluding hydrogens is 200 g/mol. The van der Waals surface area contributed by atoms with Crippen molar-refractivity contribution in [3.63, 3.8) is 0 Å². The minimum Gasteiger partial charge on any atom is -0.390 e. The summed E-state index contributed by atoms with van der Waals surface area (Å²) in [5.74, 6) is 0. The lowest BCUT2D eigenvalue weighted by molar-refractivity contribution is 0.0662. The zero-order valence-corrected chi connectivity index (χ0v) is 10.8. The molecule has 16 heavy (non-hydrogen) atoms. The summed E-state index contributed by atoms with van der Waals surface area (Å²) in [6, 6.07) is 2.64. The van der Waals surface area contributed by atoms with Gasteiger partial charge in [0.1, 0.15) is 0 Å². The lowest BCUT2D eigenvalue weighted by Crippen LogP contribution is -2.21. The molecule has 0 fully saturated rings. The Labute approximate surface area is 98.5 Å². The van der Waals surface area contributed by atoms with E-state index in [9.17, 15) is 5.11 Å². The van der Waals surface area contributed by atoms with Crippen molar-refractivity contribution in [2.24, 2.45) is 0 Å². The van der Waals surface area contributed by atoms with Gasteiger partial charge in [0.25, 0.3) is 0 Å². The van der Waals surface area contributed by atoms with E-state index in [0.29, 0.717) is 6.04 Å². The molecule has 0 atom stereocenters. The number of aromatic nitrogens is 1. The van der Waals surface area contributed by atoms with Crippen molar-refractivity contribution in [3.8, 4) is 0 Å². The first-order chi connectivity index (χ1) is 7.37. The predicted octanol–water partition coefficient (Wildman–Crippen LogP) is 2.15. The third-order valence-electron chi connectivity index (χ3n) is 2.51. The molecule has 0 spiro atoms. The molecule has 0 amide bonds. The second-order valence-corrected chi connectivity index (χ2v) is 5.36. The summed E-state index contributed by atoms with van der Waals surface area (Å²) >= 11 is 0. The second kappa shape index (κ2) is 5.51. The van der Waals surface area contributed by atoms with Crippen LogP contribution < -0.4 is 5.32 Å². The topological polar surface area (TPSA) is 37.2 Å². The molecule has 3 heteroatoms. The maximum atomic E-state index is 9.64. The Balaban J connectivity index is 2.39. The molecule has 0 saturated heterocycles. The van der Waals surface area contributed by atoms with Gasteiger partial charge < -0.3 is 15.0 Å². The molecule has 0 aliphatic heterocycles. The van der Waals surface area contributed by atoms with Gasteiger partial charge >= 0.3 is 0 Å². The summed E-state index contributed by atoms with van der Waals surface area (Å²) in [5, 5.41) is 13.0. The fourth-order valence-electron chi connectivity index (χ4n) is 1.46. The van der Waals surface area contributed by atoms with E-state index in [1.54, 1.807) is 0 Å². The van der Waals surface area contributed by atoms with Crippen LogP contribution in [0.3, 0.4) is 0 Å². The van der Waals surface area contributed by atoms with Crippen LogP contribution in [0.15, 0.2) is 18.5 Å². The van der Waals surface area contributed by atoms with Crippen LogP contribution in [0.4, 0.5) is 0 Å². The summed E-state index contributed by atoms with van der Waals surface area (Å²) in [7, 11) is 0. The Bertz CT molecular complexity index is 310. The number of hydrogen-bond acceptors (Lipinski definition) is 2. The Hall–Kier alpha value is -0.800. The maximum absolute atomic E-state index is 9.64. The Morgan fingerprint density at radius 1 is 1.44 bits per heavy atom. The summed E-state index contributed by atoms with van der Waals surface area (Å²) < 4.78 is 2.13. The first kappa shape index (κ1) is 13.3. The van der Waals surface area contributed by atoms with Crippen LogP contribution in [0.5, 0.6) is 0 Å². The average Bonchev–Trinajstić information content (AvgIpc) is 2.58. The van der Waals surface area contributed by atoms with Gasteiger partial charge in [-0.2, -0.15) is 0 Å². The Morgan fingerprint density at radius 3 is 2.69 bits per heavy atom. The summed E-state index contributed by atoms with van der Waals surface area (Å²) in [4.78, 5) is 0.